The lowest BCUT2D eigenvalue weighted by atomic mass is 10.1. The standard InChI is InChI=1S/C23H28N4O3/c1-5-20(21-25-19-12-7-6-11-18(19)22(28)26(21)3)27(13-14-30-4)23(29)24-17-10-8-9-16(2)15-17/h6-12,15,20H,5,13-14H2,1-4H3,(H,24,29). The van der Waals surface area contributed by atoms with Gasteiger partial charge >= 0.3 is 6.03 Å². The van der Waals surface area contributed by atoms with Crippen LogP contribution in [0, 0.1) is 6.92 Å². The van der Waals surface area contributed by atoms with Gasteiger partial charge in [0.05, 0.1) is 23.6 Å². The molecule has 7 nitrogen and oxygen atoms in total. The normalized spacial score (nSPS) is 12.0. The van der Waals surface area contributed by atoms with Crippen LogP contribution in [0.4, 0.5) is 10.5 Å². The van der Waals surface area contributed by atoms with Gasteiger partial charge in [0.25, 0.3) is 5.56 Å². The van der Waals surface area contributed by atoms with Gasteiger partial charge in [-0.05, 0) is 43.2 Å². The Labute approximate surface area is 176 Å². The number of hydrogen-bond donors (Lipinski definition) is 1. The van der Waals surface area contributed by atoms with Gasteiger partial charge in [0.2, 0.25) is 0 Å². The number of fused-ring (bicyclic) bond motifs is 1. The third kappa shape index (κ3) is 4.52. The number of hydrogen-bond acceptors (Lipinski definition) is 4. The molecule has 30 heavy (non-hydrogen) atoms. The van der Waals surface area contributed by atoms with Crippen molar-refractivity contribution in [2.75, 3.05) is 25.6 Å². The monoisotopic (exact) mass is 408 g/mol. The summed E-state index contributed by atoms with van der Waals surface area (Å²) in [7, 11) is 3.30. The molecule has 0 fully saturated rings. The van der Waals surface area contributed by atoms with Crippen LogP contribution < -0.4 is 10.9 Å². The molecule has 0 aliphatic heterocycles. The Morgan fingerprint density at radius 1 is 1.23 bits per heavy atom. The Kier molecular flexibility index (Phi) is 6.84. The topological polar surface area (TPSA) is 76.5 Å². The lowest BCUT2D eigenvalue weighted by molar-refractivity contribution is 0.131. The number of para-hydroxylation sites is 1. The maximum atomic E-state index is 13.2. The quantitative estimate of drug-likeness (QED) is 0.644. The first-order valence-corrected chi connectivity index (χ1v) is 10.0. The smallest absolute Gasteiger partial charge is 0.322 e. The molecular weight excluding hydrogens is 380 g/mol. The van der Waals surface area contributed by atoms with Crippen molar-refractivity contribution in [3.05, 3.63) is 70.3 Å². The molecule has 0 radical (unpaired) electrons. The third-order valence-corrected chi connectivity index (χ3v) is 5.15. The average Bonchev–Trinajstić information content (AvgIpc) is 2.74. The largest absolute Gasteiger partial charge is 0.383 e. The number of rotatable bonds is 7. The number of urea groups is 1. The molecule has 2 aromatic carbocycles. The fourth-order valence-electron chi connectivity index (χ4n) is 3.58. The summed E-state index contributed by atoms with van der Waals surface area (Å²) in [5.74, 6) is 0.552. The van der Waals surface area contributed by atoms with Crippen LogP contribution >= 0.6 is 0 Å². The molecule has 1 atom stereocenters. The van der Waals surface area contributed by atoms with Crippen LogP contribution in [0.1, 0.15) is 30.8 Å². The van der Waals surface area contributed by atoms with E-state index in [9.17, 15) is 9.59 Å². The number of aromatic nitrogens is 2. The van der Waals surface area contributed by atoms with Crippen molar-refractivity contribution in [1.29, 1.82) is 0 Å². The molecule has 7 heteroatoms. The number of benzene rings is 2. The molecule has 0 aliphatic rings. The highest BCUT2D eigenvalue weighted by Crippen LogP contribution is 2.24. The summed E-state index contributed by atoms with van der Waals surface area (Å²) >= 11 is 0. The molecule has 3 aromatic rings. The zero-order chi connectivity index (χ0) is 21.7. The lowest BCUT2D eigenvalue weighted by Crippen LogP contribution is -2.42. The van der Waals surface area contributed by atoms with Gasteiger partial charge in [-0.25, -0.2) is 9.78 Å². The lowest BCUT2D eigenvalue weighted by Gasteiger charge is -2.31. The molecule has 2 amide bonds. The van der Waals surface area contributed by atoms with Gasteiger partial charge in [0, 0.05) is 26.4 Å². The highest BCUT2D eigenvalue weighted by Gasteiger charge is 2.27. The van der Waals surface area contributed by atoms with E-state index in [4.69, 9.17) is 9.72 Å². The predicted molar refractivity (Wildman–Crippen MR) is 119 cm³/mol. The Balaban J connectivity index is 2.01. The second-order valence-electron chi connectivity index (χ2n) is 7.26. The number of anilines is 1. The van der Waals surface area contributed by atoms with Crippen LogP contribution in [0.15, 0.2) is 53.3 Å². The molecule has 1 N–H and O–H groups in total. The predicted octanol–water partition coefficient (Wildman–Crippen LogP) is 3.87. The first-order chi connectivity index (χ1) is 14.5. The van der Waals surface area contributed by atoms with Crippen molar-refractivity contribution < 1.29 is 9.53 Å². The van der Waals surface area contributed by atoms with Gasteiger partial charge in [-0.15, -0.1) is 0 Å². The van der Waals surface area contributed by atoms with Crippen molar-refractivity contribution in [3.63, 3.8) is 0 Å². The van der Waals surface area contributed by atoms with Crippen molar-refractivity contribution in [2.45, 2.75) is 26.3 Å². The van der Waals surface area contributed by atoms with Crippen LogP contribution in [0.5, 0.6) is 0 Å². The Hall–Kier alpha value is -3.19. The zero-order valence-electron chi connectivity index (χ0n) is 17.9. The van der Waals surface area contributed by atoms with E-state index in [1.165, 1.54) is 4.57 Å². The van der Waals surface area contributed by atoms with Crippen LogP contribution in [-0.2, 0) is 11.8 Å². The van der Waals surface area contributed by atoms with Crippen LogP contribution in [0.2, 0.25) is 0 Å². The first kappa shape index (κ1) is 21.5. The summed E-state index contributed by atoms with van der Waals surface area (Å²) in [6.45, 7) is 4.70. The van der Waals surface area contributed by atoms with E-state index in [1.54, 1.807) is 25.1 Å². The summed E-state index contributed by atoms with van der Waals surface area (Å²) < 4.78 is 6.77. The number of amides is 2. The van der Waals surface area contributed by atoms with Crippen LogP contribution in [0.25, 0.3) is 10.9 Å². The fourth-order valence-corrected chi connectivity index (χ4v) is 3.58. The van der Waals surface area contributed by atoms with Crippen molar-refractivity contribution >= 4 is 22.6 Å². The molecule has 158 valence electrons. The molecule has 1 heterocycles. The molecule has 0 spiro atoms. The van der Waals surface area contributed by atoms with E-state index in [0.717, 1.165) is 11.3 Å². The highest BCUT2D eigenvalue weighted by molar-refractivity contribution is 5.89. The SMILES string of the molecule is CCC(c1nc2ccccc2c(=O)n1C)N(CCOC)C(=O)Nc1cccc(C)c1. The minimum atomic E-state index is -0.382. The number of ether oxygens (including phenoxy) is 1. The maximum absolute atomic E-state index is 13.2. The third-order valence-electron chi connectivity index (χ3n) is 5.15. The minimum absolute atomic E-state index is 0.125. The number of aryl methyl sites for hydroxylation is 1. The van der Waals surface area contributed by atoms with E-state index in [2.05, 4.69) is 5.32 Å². The summed E-state index contributed by atoms with van der Waals surface area (Å²) in [5, 5.41) is 3.53. The van der Waals surface area contributed by atoms with Crippen molar-refractivity contribution in [3.8, 4) is 0 Å². The Bertz CT molecular complexity index is 1090. The summed E-state index contributed by atoms with van der Waals surface area (Å²) in [5.41, 5.74) is 2.28. The Morgan fingerprint density at radius 3 is 2.70 bits per heavy atom. The molecule has 0 aliphatic carbocycles. The van der Waals surface area contributed by atoms with Gasteiger partial charge in [0.15, 0.2) is 0 Å². The van der Waals surface area contributed by atoms with E-state index in [-0.39, 0.29) is 17.6 Å². The van der Waals surface area contributed by atoms with Crippen LogP contribution in [-0.4, -0.2) is 40.7 Å². The van der Waals surface area contributed by atoms with E-state index < -0.39 is 0 Å². The molecule has 0 saturated heterocycles. The van der Waals surface area contributed by atoms with Crippen molar-refractivity contribution in [2.24, 2.45) is 7.05 Å². The second kappa shape index (κ2) is 9.54. The average molecular weight is 409 g/mol. The van der Waals surface area contributed by atoms with Gasteiger partial charge in [0.1, 0.15) is 5.82 Å². The number of methoxy groups -OCH3 is 1. The van der Waals surface area contributed by atoms with E-state index >= 15 is 0 Å². The van der Waals surface area contributed by atoms with E-state index in [0.29, 0.717) is 36.3 Å². The summed E-state index contributed by atoms with van der Waals surface area (Å²) in [4.78, 5) is 32.5. The molecule has 1 unspecified atom stereocenters. The highest BCUT2D eigenvalue weighted by atomic mass is 16.5. The molecule has 1 aromatic heterocycles. The molecule has 0 saturated carbocycles. The first-order valence-electron chi connectivity index (χ1n) is 10.0. The molecular formula is C23H28N4O3. The van der Waals surface area contributed by atoms with Crippen LogP contribution in [0.3, 0.4) is 0 Å². The van der Waals surface area contributed by atoms with Gasteiger partial charge in [-0.3, -0.25) is 9.36 Å². The Morgan fingerprint density at radius 2 is 2.00 bits per heavy atom. The van der Waals surface area contributed by atoms with Gasteiger partial charge in [-0.1, -0.05) is 31.2 Å². The van der Waals surface area contributed by atoms with Crippen molar-refractivity contribution in [1.82, 2.24) is 14.5 Å². The second-order valence-corrected chi connectivity index (χ2v) is 7.26. The van der Waals surface area contributed by atoms with Gasteiger partial charge < -0.3 is 15.0 Å². The number of nitrogens with one attached hydrogen (secondary N) is 1. The zero-order valence-corrected chi connectivity index (χ0v) is 17.9. The van der Waals surface area contributed by atoms with E-state index in [1.807, 2.05) is 56.3 Å². The molecule has 3 rings (SSSR count). The van der Waals surface area contributed by atoms with Gasteiger partial charge in [-0.2, -0.15) is 0 Å². The minimum Gasteiger partial charge on any atom is -0.383 e. The maximum Gasteiger partial charge on any atom is 0.322 e. The number of carbonyl (C=O) groups excluding carboxylic acids is 1. The fraction of sp³-hybridized carbons (Fsp3) is 0.348. The summed E-state index contributed by atoms with van der Waals surface area (Å²) in [6, 6.07) is 14.3. The molecule has 0 bridgehead atoms. The number of nitrogens with zero attached hydrogens (tertiary/aromatic N) is 3. The summed E-state index contributed by atoms with van der Waals surface area (Å²) in [6.07, 6.45) is 0.601. The number of carbonyl (C=O) groups is 1.